The van der Waals surface area contributed by atoms with Crippen molar-refractivity contribution in [2.45, 2.75) is 45.5 Å². The Morgan fingerprint density at radius 2 is 1.88 bits per heavy atom. The summed E-state index contributed by atoms with van der Waals surface area (Å²) in [4.78, 5) is 18.7. The number of aliphatic imine (C=N–C) groups is 1. The molecule has 1 aromatic carbocycles. The number of aryl methyl sites for hydroxylation is 1. The molecule has 0 saturated carbocycles. The number of nitrogens with zero attached hydrogens (tertiary/aromatic N) is 2. The van der Waals surface area contributed by atoms with Crippen molar-refractivity contribution in [3.8, 4) is 0 Å². The molecular weight excluding hydrogens is 356 g/mol. The van der Waals surface area contributed by atoms with Crippen molar-refractivity contribution in [2.24, 2.45) is 10.4 Å². The van der Waals surface area contributed by atoms with Gasteiger partial charge in [-0.25, -0.2) is 8.42 Å². The molecule has 0 unspecified atom stereocenters. The Morgan fingerprint density at radius 1 is 1.24 bits per heavy atom. The highest BCUT2D eigenvalue weighted by atomic mass is 32.2. The van der Waals surface area contributed by atoms with Crippen LogP contribution in [-0.4, -0.2) is 47.2 Å². The summed E-state index contributed by atoms with van der Waals surface area (Å²) in [6.07, 6.45) is 0. The zero-order valence-electron chi connectivity index (χ0n) is 15.0. The monoisotopic (exact) mass is 380 g/mol. The van der Waals surface area contributed by atoms with Gasteiger partial charge in [-0.3, -0.25) is 4.79 Å². The van der Waals surface area contributed by atoms with Gasteiger partial charge < -0.3 is 4.90 Å². The highest BCUT2D eigenvalue weighted by molar-refractivity contribution is 8.15. The van der Waals surface area contributed by atoms with Crippen molar-refractivity contribution in [3.63, 3.8) is 0 Å². The lowest BCUT2D eigenvalue weighted by molar-refractivity contribution is -0.124. The van der Waals surface area contributed by atoms with Gasteiger partial charge in [-0.15, -0.1) is 0 Å². The van der Waals surface area contributed by atoms with E-state index in [9.17, 15) is 13.2 Å². The van der Waals surface area contributed by atoms with Gasteiger partial charge in [-0.05, 0) is 12.5 Å². The van der Waals surface area contributed by atoms with Gasteiger partial charge in [0.2, 0.25) is 0 Å². The Bertz CT molecular complexity index is 808. The van der Waals surface area contributed by atoms with Gasteiger partial charge in [0.05, 0.1) is 17.5 Å². The first-order valence-electron chi connectivity index (χ1n) is 8.37. The molecular formula is C18H24N2O3S2. The topological polar surface area (TPSA) is 66.8 Å². The maximum absolute atomic E-state index is 12.4. The van der Waals surface area contributed by atoms with Crippen molar-refractivity contribution in [3.05, 3.63) is 35.4 Å². The zero-order valence-corrected chi connectivity index (χ0v) is 16.7. The van der Waals surface area contributed by atoms with E-state index in [0.717, 1.165) is 5.56 Å². The molecule has 0 bridgehead atoms. The third-order valence-corrected chi connectivity index (χ3v) is 7.73. The first-order chi connectivity index (χ1) is 11.5. The van der Waals surface area contributed by atoms with Crippen molar-refractivity contribution < 1.29 is 13.2 Å². The Labute approximate surface area is 153 Å². The standard InChI is InChI=1S/C18H24N2O3S2/c1-12-5-7-13(8-6-12)9-20-14-10-25(22,23)11-15(14)24-17(20)19-16(21)18(2,3)4/h5-8,14-15H,9-11H2,1-4H3/t14-,15+/m0/s1. The minimum Gasteiger partial charge on any atom is -0.342 e. The molecule has 1 amide bonds. The maximum Gasteiger partial charge on any atom is 0.253 e. The van der Waals surface area contributed by atoms with Gasteiger partial charge in [-0.1, -0.05) is 62.4 Å². The summed E-state index contributed by atoms with van der Waals surface area (Å²) in [5.41, 5.74) is 1.72. The largest absolute Gasteiger partial charge is 0.342 e. The fourth-order valence-electron chi connectivity index (χ4n) is 2.97. The van der Waals surface area contributed by atoms with Crippen LogP contribution in [0.2, 0.25) is 0 Å². The van der Waals surface area contributed by atoms with E-state index in [0.29, 0.717) is 11.7 Å². The minimum absolute atomic E-state index is 0.0398. The number of rotatable bonds is 2. The van der Waals surface area contributed by atoms with Gasteiger partial charge in [0.25, 0.3) is 5.91 Å². The summed E-state index contributed by atoms with van der Waals surface area (Å²) in [5, 5.41) is 0.618. The van der Waals surface area contributed by atoms with Gasteiger partial charge in [0.15, 0.2) is 15.0 Å². The molecule has 2 saturated heterocycles. The lowest BCUT2D eigenvalue weighted by Gasteiger charge is -2.25. The van der Waals surface area contributed by atoms with Crippen molar-refractivity contribution in [1.82, 2.24) is 4.90 Å². The zero-order chi connectivity index (χ0) is 18.4. The van der Waals surface area contributed by atoms with Crippen molar-refractivity contribution in [2.75, 3.05) is 11.5 Å². The molecule has 2 aliphatic rings. The van der Waals surface area contributed by atoms with Crippen LogP contribution in [0, 0.1) is 12.3 Å². The fourth-order valence-corrected chi connectivity index (χ4v) is 6.91. The number of benzene rings is 1. The van der Waals surface area contributed by atoms with Gasteiger partial charge in [0, 0.05) is 17.2 Å². The average molecular weight is 381 g/mol. The molecule has 25 heavy (non-hydrogen) atoms. The maximum atomic E-state index is 12.4. The summed E-state index contributed by atoms with van der Waals surface area (Å²) >= 11 is 1.43. The summed E-state index contributed by atoms with van der Waals surface area (Å²) in [6.45, 7) is 8.13. The number of sulfone groups is 1. The summed E-state index contributed by atoms with van der Waals surface area (Å²) in [6, 6.07) is 8.06. The van der Waals surface area contributed by atoms with Crippen LogP contribution in [0.25, 0.3) is 0 Å². The quantitative estimate of drug-likeness (QED) is 0.789. The van der Waals surface area contributed by atoms with Crippen molar-refractivity contribution in [1.29, 1.82) is 0 Å². The number of carbonyl (C=O) groups is 1. The third-order valence-electron chi connectivity index (χ3n) is 4.49. The predicted octanol–water partition coefficient (Wildman–Crippen LogP) is 2.64. The molecule has 0 N–H and O–H groups in total. The number of hydrogen-bond acceptors (Lipinski definition) is 4. The minimum atomic E-state index is -3.02. The molecule has 0 spiro atoms. The Kier molecular flexibility index (Phi) is 4.75. The number of hydrogen-bond donors (Lipinski definition) is 0. The first-order valence-corrected chi connectivity index (χ1v) is 11.1. The fraction of sp³-hybridized carbons (Fsp3) is 0.556. The molecule has 0 radical (unpaired) electrons. The van der Waals surface area contributed by atoms with E-state index in [4.69, 9.17) is 0 Å². The van der Waals surface area contributed by atoms with E-state index in [1.54, 1.807) is 0 Å². The van der Waals surface area contributed by atoms with E-state index >= 15 is 0 Å². The van der Waals surface area contributed by atoms with Crippen LogP contribution in [0.1, 0.15) is 31.9 Å². The number of thioether (sulfide) groups is 1. The number of amides is 1. The van der Waals surface area contributed by atoms with Crippen LogP contribution < -0.4 is 0 Å². The second-order valence-electron chi connectivity index (χ2n) is 7.86. The molecule has 3 rings (SSSR count). The molecule has 2 aliphatic heterocycles. The SMILES string of the molecule is Cc1ccc(CN2C(=NC(=O)C(C)(C)C)S[C@@H]3CS(=O)(=O)C[C@@H]32)cc1. The van der Waals surface area contributed by atoms with Crippen molar-refractivity contribution >= 4 is 32.7 Å². The Hall–Kier alpha value is -1.34. The second-order valence-corrected chi connectivity index (χ2v) is 11.2. The summed E-state index contributed by atoms with van der Waals surface area (Å²) < 4.78 is 24.1. The molecule has 7 heteroatoms. The normalized spacial score (nSPS) is 26.9. The molecule has 2 fully saturated rings. The molecule has 5 nitrogen and oxygen atoms in total. The highest BCUT2D eigenvalue weighted by Crippen LogP contribution is 2.39. The number of fused-ring (bicyclic) bond motifs is 1. The van der Waals surface area contributed by atoms with Crippen LogP contribution in [0.3, 0.4) is 0 Å². The van der Waals surface area contributed by atoms with Crippen LogP contribution in [0.15, 0.2) is 29.3 Å². The Balaban J connectivity index is 1.91. The predicted molar refractivity (Wildman–Crippen MR) is 102 cm³/mol. The molecule has 0 aromatic heterocycles. The number of amidine groups is 1. The van der Waals surface area contributed by atoms with Gasteiger partial charge in [0.1, 0.15) is 0 Å². The molecule has 2 heterocycles. The smallest absolute Gasteiger partial charge is 0.253 e. The molecule has 136 valence electrons. The van der Waals surface area contributed by atoms with E-state index in [2.05, 4.69) is 4.99 Å². The molecule has 1 aromatic rings. The Morgan fingerprint density at radius 3 is 2.48 bits per heavy atom. The third kappa shape index (κ3) is 4.08. The van der Waals surface area contributed by atoms with Crippen LogP contribution in [-0.2, 0) is 21.2 Å². The average Bonchev–Trinajstić information content (AvgIpc) is 2.93. The summed E-state index contributed by atoms with van der Waals surface area (Å²) in [7, 11) is -3.02. The van der Waals surface area contributed by atoms with Crippen LogP contribution in [0.5, 0.6) is 0 Å². The van der Waals surface area contributed by atoms with E-state index < -0.39 is 15.3 Å². The molecule has 0 aliphatic carbocycles. The first kappa shape index (κ1) is 18.5. The van der Waals surface area contributed by atoms with E-state index in [1.165, 1.54) is 17.3 Å². The lowest BCUT2D eigenvalue weighted by Crippen LogP contribution is -2.37. The summed E-state index contributed by atoms with van der Waals surface area (Å²) in [5.74, 6) is 0.126. The lowest BCUT2D eigenvalue weighted by atomic mass is 9.96. The molecule has 2 atom stereocenters. The van der Waals surface area contributed by atoms with Gasteiger partial charge in [-0.2, -0.15) is 4.99 Å². The second kappa shape index (κ2) is 6.43. The van der Waals surface area contributed by atoms with E-state index in [-0.39, 0.29) is 28.7 Å². The van der Waals surface area contributed by atoms with Crippen LogP contribution in [0.4, 0.5) is 0 Å². The van der Waals surface area contributed by atoms with Gasteiger partial charge >= 0.3 is 0 Å². The highest BCUT2D eigenvalue weighted by Gasteiger charge is 2.48. The van der Waals surface area contributed by atoms with E-state index in [1.807, 2.05) is 56.9 Å². The van der Waals surface area contributed by atoms with Crippen LogP contribution >= 0.6 is 11.8 Å². The number of carbonyl (C=O) groups excluding carboxylic acids is 1.